The van der Waals surface area contributed by atoms with Crippen LogP contribution in [0.1, 0.15) is 50.6 Å². The van der Waals surface area contributed by atoms with Gasteiger partial charge in [-0.3, -0.25) is 0 Å². The van der Waals surface area contributed by atoms with Crippen molar-refractivity contribution >= 4 is 0 Å². The second kappa shape index (κ2) is 5.23. The lowest BCUT2D eigenvalue weighted by Gasteiger charge is -2.20. The molecular weight excluding hydrogens is 258 g/mol. The lowest BCUT2D eigenvalue weighted by molar-refractivity contribution is 0.423. The van der Waals surface area contributed by atoms with Crippen molar-refractivity contribution in [1.29, 1.82) is 0 Å². The molecule has 0 amide bonds. The van der Waals surface area contributed by atoms with Crippen molar-refractivity contribution in [1.82, 2.24) is 15.3 Å². The Balaban J connectivity index is 1.76. The van der Waals surface area contributed by atoms with Gasteiger partial charge in [-0.15, -0.1) is 0 Å². The monoisotopic (exact) mass is 281 g/mol. The Kier molecular flexibility index (Phi) is 3.54. The largest absolute Gasteiger partial charge is 0.308 e. The molecule has 0 unspecified atom stereocenters. The van der Waals surface area contributed by atoms with Crippen LogP contribution in [0.15, 0.2) is 42.7 Å². The van der Waals surface area contributed by atoms with Crippen molar-refractivity contribution in [3.05, 3.63) is 59.7 Å². The van der Waals surface area contributed by atoms with Crippen molar-refractivity contribution in [3.8, 4) is 0 Å². The van der Waals surface area contributed by atoms with Gasteiger partial charge in [0.05, 0.1) is 5.41 Å². The first kappa shape index (κ1) is 14.2. The molecule has 1 fully saturated rings. The maximum absolute atomic E-state index is 4.64. The van der Waals surface area contributed by atoms with E-state index in [2.05, 4.69) is 66.4 Å². The van der Waals surface area contributed by atoms with Crippen LogP contribution >= 0.6 is 0 Å². The van der Waals surface area contributed by atoms with E-state index in [0.717, 1.165) is 30.8 Å². The summed E-state index contributed by atoms with van der Waals surface area (Å²) in [6.07, 6.45) is 6.22. The molecule has 1 aromatic heterocycles. The van der Waals surface area contributed by atoms with Crippen molar-refractivity contribution in [3.63, 3.8) is 0 Å². The second-order valence-electron chi connectivity index (χ2n) is 6.97. The van der Waals surface area contributed by atoms with E-state index in [0.29, 0.717) is 0 Å². The predicted octanol–water partition coefficient (Wildman–Crippen LogP) is 3.44. The third-order valence-electron chi connectivity index (χ3n) is 4.03. The Hall–Kier alpha value is -1.74. The number of hydrogen-bond acceptors (Lipinski definition) is 3. The summed E-state index contributed by atoms with van der Waals surface area (Å²) >= 11 is 0. The molecule has 110 valence electrons. The first-order valence-electron chi connectivity index (χ1n) is 7.62. The molecule has 0 bridgehead atoms. The average molecular weight is 281 g/mol. The third kappa shape index (κ3) is 3.13. The minimum absolute atomic E-state index is 0.0667. The van der Waals surface area contributed by atoms with E-state index in [1.54, 1.807) is 0 Å². The summed E-state index contributed by atoms with van der Waals surface area (Å²) in [5, 5.41) is 3.46. The maximum Gasteiger partial charge on any atom is 0.138 e. The van der Waals surface area contributed by atoms with E-state index in [1.165, 1.54) is 5.56 Å². The fraction of sp³-hybridized carbons (Fsp3) is 0.444. The molecule has 0 radical (unpaired) electrons. The Morgan fingerprint density at radius 3 is 2.19 bits per heavy atom. The molecule has 3 nitrogen and oxygen atoms in total. The number of rotatable bonds is 4. The molecule has 0 aliphatic heterocycles. The van der Waals surface area contributed by atoms with Crippen LogP contribution in [0.25, 0.3) is 0 Å². The topological polar surface area (TPSA) is 37.8 Å². The smallest absolute Gasteiger partial charge is 0.138 e. The van der Waals surface area contributed by atoms with E-state index in [4.69, 9.17) is 0 Å². The highest BCUT2D eigenvalue weighted by Crippen LogP contribution is 2.51. The van der Waals surface area contributed by atoms with Gasteiger partial charge in [0.2, 0.25) is 0 Å². The van der Waals surface area contributed by atoms with Crippen molar-refractivity contribution in [2.45, 2.75) is 51.1 Å². The molecule has 21 heavy (non-hydrogen) atoms. The highest BCUT2D eigenvalue weighted by atomic mass is 15.0. The van der Waals surface area contributed by atoms with Crippen LogP contribution in [-0.4, -0.2) is 15.5 Å². The van der Waals surface area contributed by atoms with E-state index in [-0.39, 0.29) is 11.0 Å². The average Bonchev–Trinajstić information content (AvgIpc) is 3.28. The minimum atomic E-state index is 0.0667. The fourth-order valence-corrected chi connectivity index (χ4v) is 2.58. The second-order valence-corrected chi connectivity index (χ2v) is 6.97. The van der Waals surface area contributed by atoms with Crippen LogP contribution in [0.3, 0.4) is 0 Å². The minimum Gasteiger partial charge on any atom is -0.308 e. The zero-order chi connectivity index (χ0) is 14.9. The molecule has 1 aliphatic carbocycles. The number of hydrogen-bond donors (Lipinski definition) is 1. The quantitative estimate of drug-likeness (QED) is 0.933. The normalized spacial score (nSPS) is 16.7. The predicted molar refractivity (Wildman–Crippen MR) is 85.1 cm³/mol. The molecule has 1 heterocycles. The molecule has 0 spiro atoms. The van der Waals surface area contributed by atoms with E-state index in [9.17, 15) is 0 Å². The van der Waals surface area contributed by atoms with Crippen LogP contribution < -0.4 is 5.32 Å². The number of nitrogens with zero attached hydrogens (tertiary/aromatic N) is 2. The fourth-order valence-electron chi connectivity index (χ4n) is 2.58. The van der Waals surface area contributed by atoms with Gasteiger partial charge in [0.15, 0.2) is 0 Å². The molecule has 1 saturated carbocycles. The lowest BCUT2D eigenvalue weighted by atomic mass is 9.95. The molecule has 1 aliphatic rings. The summed E-state index contributed by atoms with van der Waals surface area (Å²) in [6, 6.07) is 10.6. The highest BCUT2D eigenvalue weighted by molar-refractivity contribution is 5.39. The van der Waals surface area contributed by atoms with Gasteiger partial charge in [0.25, 0.3) is 0 Å². The van der Waals surface area contributed by atoms with Crippen molar-refractivity contribution < 1.29 is 0 Å². The standard InChI is InChI=1S/C18H23N3/c1-17(2,3)21-13-14-11-19-16(20-12-14)18(9-10-18)15-7-5-4-6-8-15/h4-8,11-12,21H,9-10,13H2,1-3H3. The van der Waals surface area contributed by atoms with Crippen molar-refractivity contribution in [2.75, 3.05) is 0 Å². The molecule has 0 atom stereocenters. The Morgan fingerprint density at radius 2 is 1.67 bits per heavy atom. The molecule has 3 rings (SSSR count). The first-order chi connectivity index (χ1) is 10.00. The first-order valence-corrected chi connectivity index (χ1v) is 7.62. The SMILES string of the molecule is CC(C)(C)NCc1cnc(C2(c3ccccc3)CC2)nc1. The number of nitrogens with one attached hydrogen (secondary N) is 1. The molecule has 2 aromatic rings. The third-order valence-corrected chi connectivity index (χ3v) is 4.03. The summed E-state index contributed by atoms with van der Waals surface area (Å²) in [5.74, 6) is 0.966. The summed E-state index contributed by atoms with van der Waals surface area (Å²) in [5.41, 5.74) is 2.65. The Labute approximate surface area is 126 Å². The molecule has 3 heteroatoms. The summed E-state index contributed by atoms with van der Waals surface area (Å²) in [7, 11) is 0. The Morgan fingerprint density at radius 1 is 1.05 bits per heavy atom. The van der Waals surface area contributed by atoms with Crippen LogP contribution in [0.4, 0.5) is 0 Å². The van der Waals surface area contributed by atoms with Crippen LogP contribution in [0, 0.1) is 0 Å². The number of benzene rings is 1. The molecule has 0 saturated heterocycles. The zero-order valence-corrected chi connectivity index (χ0v) is 13.1. The Bertz CT molecular complexity index is 593. The van der Waals surface area contributed by atoms with Crippen LogP contribution in [0.2, 0.25) is 0 Å². The van der Waals surface area contributed by atoms with E-state index >= 15 is 0 Å². The van der Waals surface area contributed by atoms with Gasteiger partial charge in [0.1, 0.15) is 5.82 Å². The van der Waals surface area contributed by atoms with Gasteiger partial charge in [-0.1, -0.05) is 30.3 Å². The van der Waals surface area contributed by atoms with Gasteiger partial charge >= 0.3 is 0 Å². The lowest BCUT2D eigenvalue weighted by Crippen LogP contribution is -2.35. The summed E-state index contributed by atoms with van der Waals surface area (Å²) < 4.78 is 0. The van der Waals surface area contributed by atoms with Gasteiger partial charge in [-0.2, -0.15) is 0 Å². The van der Waals surface area contributed by atoms with Gasteiger partial charge in [-0.25, -0.2) is 9.97 Å². The molecule has 1 aromatic carbocycles. The maximum atomic E-state index is 4.64. The molecule has 1 N–H and O–H groups in total. The van der Waals surface area contributed by atoms with Gasteiger partial charge in [0, 0.05) is 30.0 Å². The van der Waals surface area contributed by atoms with E-state index in [1.807, 2.05) is 12.4 Å². The van der Waals surface area contributed by atoms with Gasteiger partial charge < -0.3 is 5.32 Å². The summed E-state index contributed by atoms with van der Waals surface area (Å²) in [6.45, 7) is 7.30. The zero-order valence-electron chi connectivity index (χ0n) is 13.1. The number of aromatic nitrogens is 2. The van der Waals surface area contributed by atoms with Crippen LogP contribution in [0.5, 0.6) is 0 Å². The molecular formula is C18H23N3. The summed E-state index contributed by atoms with van der Waals surface area (Å²) in [4.78, 5) is 9.28. The highest BCUT2D eigenvalue weighted by Gasteiger charge is 2.48. The van der Waals surface area contributed by atoms with Gasteiger partial charge in [-0.05, 0) is 39.2 Å². The van der Waals surface area contributed by atoms with Crippen molar-refractivity contribution in [2.24, 2.45) is 0 Å². The van der Waals surface area contributed by atoms with E-state index < -0.39 is 0 Å². The van der Waals surface area contributed by atoms with Crippen LogP contribution in [-0.2, 0) is 12.0 Å².